The summed E-state index contributed by atoms with van der Waals surface area (Å²) in [6.45, 7) is 2.21. The molecule has 0 spiro atoms. The van der Waals surface area contributed by atoms with E-state index in [4.69, 9.17) is 4.74 Å². The first-order chi connectivity index (χ1) is 8.00. The first-order valence-electron chi connectivity index (χ1n) is 5.44. The third-order valence-electron chi connectivity index (χ3n) is 2.74. The molecule has 1 N–H and O–H groups in total. The molecule has 1 saturated heterocycles. The predicted octanol–water partition coefficient (Wildman–Crippen LogP) is 2.34. The Labute approximate surface area is 98.7 Å². The molecule has 0 aliphatic carbocycles. The lowest BCUT2D eigenvalue weighted by Crippen LogP contribution is -2.61. The number of hydrogen-bond acceptors (Lipinski definition) is 3. The molecule has 94 valence electrons. The number of benzene rings is 1. The number of nitrogens with one attached hydrogen (secondary N) is 1. The number of rotatable bonds is 4. The van der Waals surface area contributed by atoms with Gasteiger partial charge in [-0.05, 0) is 25.5 Å². The molecule has 0 radical (unpaired) electrons. The van der Waals surface area contributed by atoms with Gasteiger partial charge in [-0.2, -0.15) is 8.78 Å². The van der Waals surface area contributed by atoms with Gasteiger partial charge in [0.15, 0.2) is 11.5 Å². The molecule has 1 heterocycles. The lowest BCUT2D eigenvalue weighted by Gasteiger charge is -2.39. The van der Waals surface area contributed by atoms with Gasteiger partial charge in [0.1, 0.15) is 5.60 Å². The third-order valence-corrected chi connectivity index (χ3v) is 2.74. The largest absolute Gasteiger partial charge is 0.481 e. The van der Waals surface area contributed by atoms with Gasteiger partial charge in [-0.25, -0.2) is 0 Å². The van der Waals surface area contributed by atoms with E-state index in [1.165, 1.54) is 0 Å². The van der Waals surface area contributed by atoms with Crippen LogP contribution in [0, 0.1) is 6.92 Å². The molecule has 3 nitrogen and oxygen atoms in total. The standard InChI is InChI=1S/C12H15F2NO2/c1-8-4-3-5-9(10(8)16-11(13)14)17-12(2)6-15-7-12/h3-5,11,15H,6-7H2,1-2H3. The van der Waals surface area contributed by atoms with Gasteiger partial charge >= 0.3 is 6.61 Å². The minimum atomic E-state index is -2.84. The van der Waals surface area contributed by atoms with Crippen LogP contribution in [0.5, 0.6) is 11.5 Å². The van der Waals surface area contributed by atoms with Crippen LogP contribution >= 0.6 is 0 Å². The van der Waals surface area contributed by atoms with E-state index in [1.54, 1.807) is 25.1 Å². The smallest absolute Gasteiger partial charge is 0.387 e. The van der Waals surface area contributed by atoms with Gasteiger partial charge in [0, 0.05) is 13.1 Å². The Hall–Kier alpha value is -1.36. The zero-order valence-corrected chi connectivity index (χ0v) is 9.80. The Morgan fingerprint density at radius 1 is 1.35 bits per heavy atom. The molecule has 17 heavy (non-hydrogen) atoms. The summed E-state index contributed by atoms with van der Waals surface area (Å²) < 4.78 is 34.9. The van der Waals surface area contributed by atoms with E-state index in [9.17, 15) is 8.78 Å². The van der Waals surface area contributed by atoms with E-state index in [1.807, 2.05) is 6.92 Å². The van der Waals surface area contributed by atoms with E-state index in [2.05, 4.69) is 10.1 Å². The molecule has 0 atom stereocenters. The van der Waals surface area contributed by atoms with Crippen molar-refractivity contribution in [1.82, 2.24) is 5.32 Å². The van der Waals surface area contributed by atoms with E-state index in [0.717, 1.165) is 0 Å². The number of para-hydroxylation sites is 1. The van der Waals surface area contributed by atoms with Crippen LogP contribution in [0.4, 0.5) is 8.78 Å². The summed E-state index contributed by atoms with van der Waals surface area (Å²) in [6.07, 6.45) is 0. The van der Waals surface area contributed by atoms with Crippen molar-refractivity contribution in [3.63, 3.8) is 0 Å². The Morgan fingerprint density at radius 2 is 2.06 bits per heavy atom. The topological polar surface area (TPSA) is 30.5 Å². The van der Waals surface area contributed by atoms with Crippen LogP contribution in [0.25, 0.3) is 0 Å². The monoisotopic (exact) mass is 243 g/mol. The quantitative estimate of drug-likeness (QED) is 0.880. The van der Waals surface area contributed by atoms with Crippen molar-refractivity contribution in [3.8, 4) is 11.5 Å². The highest BCUT2D eigenvalue weighted by Gasteiger charge is 2.35. The summed E-state index contributed by atoms with van der Waals surface area (Å²) in [5, 5.41) is 3.08. The van der Waals surface area contributed by atoms with E-state index < -0.39 is 6.61 Å². The van der Waals surface area contributed by atoms with Crippen LogP contribution in [0.1, 0.15) is 12.5 Å². The highest BCUT2D eigenvalue weighted by atomic mass is 19.3. The average molecular weight is 243 g/mol. The fourth-order valence-corrected chi connectivity index (χ4v) is 1.76. The second-order valence-electron chi connectivity index (χ2n) is 4.44. The number of alkyl halides is 2. The van der Waals surface area contributed by atoms with Crippen LogP contribution in [-0.2, 0) is 0 Å². The molecule has 1 fully saturated rings. The maximum atomic E-state index is 12.3. The van der Waals surface area contributed by atoms with E-state index >= 15 is 0 Å². The maximum Gasteiger partial charge on any atom is 0.387 e. The Balaban J connectivity index is 2.22. The molecule has 2 rings (SSSR count). The molecule has 1 aliphatic heterocycles. The summed E-state index contributed by atoms with van der Waals surface area (Å²) in [6, 6.07) is 5.12. The molecular formula is C12H15F2NO2. The Bertz CT molecular complexity index is 405. The van der Waals surface area contributed by atoms with Crippen molar-refractivity contribution in [2.75, 3.05) is 13.1 Å². The molecule has 1 aromatic carbocycles. The molecule has 0 saturated carbocycles. The average Bonchev–Trinajstić information content (AvgIpc) is 2.20. The number of aryl methyl sites for hydroxylation is 1. The first kappa shape index (κ1) is 12.1. The molecule has 0 unspecified atom stereocenters. The highest BCUT2D eigenvalue weighted by Crippen LogP contribution is 2.35. The summed E-state index contributed by atoms with van der Waals surface area (Å²) in [5.41, 5.74) is 0.298. The van der Waals surface area contributed by atoms with Crippen LogP contribution in [0.2, 0.25) is 0 Å². The third kappa shape index (κ3) is 2.66. The van der Waals surface area contributed by atoms with Crippen molar-refractivity contribution in [2.24, 2.45) is 0 Å². The second kappa shape index (κ2) is 4.49. The number of halogens is 2. The Kier molecular flexibility index (Phi) is 3.19. The van der Waals surface area contributed by atoms with Gasteiger partial charge in [0.05, 0.1) is 0 Å². The SMILES string of the molecule is Cc1cccc(OC2(C)CNC2)c1OC(F)F. The predicted molar refractivity (Wildman–Crippen MR) is 59.7 cm³/mol. The minimum Gasteiger partial charge on any atom is -0.481 e. The van der Waals surface area contributed by atoms with Gasteiger partial charge in [-0.3, -0.25) is 0 Å². The molecule has 1 aromatic rings. The van der Waals surface area contributed by atoms with Crippen LogP contribution in [0.3, 0.4) is 0 Å². The number of hydrogen-bond donors (Lipinski definition) is 1. The van der Waals surface area contributed by atoms with Crippen molar-refractivity contribution in [1.29, 1.82) is 0 Å². The zero-order valence-electron chi connectivity index (χ0n) is 9.80. The molecule has 0 amide bonds. The second-order valence-corrected chi connectivity index (χ2v) is 4.44. The van der Waals surface area contributed by atoms with Crippen molar-refractivity contribution in [2.45, 2.75) is 26.1 Å². The van der Waals surface area contributed by atoms with Gasteiger partial charge in [0.25, 0.3) is 0 Å². The van der Waals surface area contributed by atoms with Gasteiger partial charge < -0.3 is 14.8 Å². The molecular weight excluding hydrogens is 228 g/mol. The maximum absolute atomic E-state index is 12.3. The summed E-state index contributed by atoms with van der Waals surface area (Å²) in [7, 11) is 0. The zero-order chi connectivity index (χ0) is 12.5. The van der Waals surface area contributed by atoms with Crippen molar-refractivity contribution < 1.29 is 18.3 Å². The molecule has 1 aliphatic rings. The minimum absolute atomic E-state index is 0.121. The molecule has 0 aromatic heterocycles. The summed E-state index contributed by atoms with van der Waals surface area (Å²) in [4.78, 5) is 0. The molecule has 0 bridgehead atoms. The molecule has 5 heteroatoms. The van der Waals surface area contributed by atoms with Crippen molar-refractivity contribution in [3.05, 3.63) is 23.8 Å². The van der Waals surface area contributed by atoms with Crippen LogP contribution < -0.4 is 14.8 Å². The number of ether oxygens (including phenoxy) is 2. The normalized spacial score (nSPS) is 17.7. The van der Waals surface area contributed by atoms with Crippen LogP contribution in [-0.4, -0.2) is 25.3 Å². The van der Waals surface area contributed by atoms with Gasteiger partial charge in [0.2, 0.25) is 0 Å². The van der Waals surface area contributed by atoms with Gasteiger partial charge in [-0.1, -0.05) is 12.1 Å². The lowest BCUT2D eigenvalue weighted by molar-refractivity contribution is -0.0554. The van der Waals surface area contributed by atoms with E-state index in [-0.39, 0.29) is 11.4 Å². The summed E-state index contributed by atoms with van der Waals surface area (Å²) >= 11 is 0. The fourth-order valence-electron chi connectivity index (χ4n) is 1.76. The fraction of sp³-hybridized carbons (Fsp3) is 0.500. The lowest BCUT2D eigenvalue weighted by atomic mass is 10.00. The Morgan fingerprint density at radius 3 is 2.59 bits per heavy atom. The van der Waals surface area contributed by atoms with Crippen LogP contribution in [0.15, 0.2) is 18.2 Å². The van der Waals surface area contributed by atoms with Crippen molar-refractivity contribution >= 4 is 0 Å². The first-order valence-corrected chi connectivity index (χ1v) is 5.44. The van der Waals surface area contributed by atoms with E-state index in [0.29, 0.717) is 24.4 Å². The van der Waals surface area contributed by atoms with Gasteiger partial charge in [-0.15, -0.1) is 0 Å². The summed E-state index contributed by atoms with van der Waals surface area (Å²) in [5.74, 6) is 0.491. The highest BCUT2D eigenvalue weighted by molar-refractivity contribution is 5.46.